The van der Waals surface area contributed by atoms with Gasteiger partial charge < -0.3 is 31.3 Å². The van der Waals surface area contributed by atoms with Crippen LogP contribution in [0.3, 0.4) is 0 Å². The number of aromatic nitrogens is 2. The van der Waals surface area contributed by atoms with Gasteiger partial charge in [0.25, 0.3) is 5.91 Å². The van der Waals surface area contributed by atoms with Crippen molar-refractivity contribution in [2.24, 2.45) is 28.5 Å². The Morgan fingerprint density at radius 2 is 1.49 bits per heavy atom. The molecule has 4 aliphatic heterocycles. The van der Waals surface area contributed by atoms with Gasteiger partial charge in [-0.05, 0) is 165 Å². The fourth-order valence-corrected chi connectivity index (χ4v) is 8.05. The third kappa shape index (κ3) is 17.2. The van der Waals surface area contributed by atoms with E-state index >= 15 is 0 Å². The van der Waals surface area contributed by atoms with Gasteiger partial charge in [0.1, 0.15) is 17.9 Å². The van der Waals surface area contributed by atoms with E-state index in [0.29, 0.717) is 42.4 Å². The van der Waals surface area contributed by atoms with Gasteiger partial charge in [0.05, 0.1) is 6.61 Å². The molecule has 340 valence electrons. The molecule has 8 rings (SSSR count). The number of carbonyl (C=O) groups is 2. The minimum absolute atomic E-state index is 0.0137. The number of anilines is 2. The summed E-state index contributed by atoms with van der Waals surface area (Å²) in [4.78, 5) is 41.6. The number of aliphatic imine (C=N–C) groups is 1. The Hall–Kier alpha value is -5.01. The number of fused-ring (bicyclic) bond motifs is 1. The zero-order valence-corrected chi connectivity index (χ0v) is 38.3. The molecule has 4 aromatic rings. The van der Waals surface area contributed by atoms with E-state index in [1.807, 2.05) is 85.6 Å². The minimum Gasteiger partial charge on any atom is -0.493 e. The second kappa shape index (κ2) is 27.2. The van der Waals surface area contributed by atoms with Gasteiger partial charge in [0.15, 0.2) is 0 Å². The molecule has 0 saturated carbocycles. The number of hydrogen-bond acceptors (Lipinski definition) is 11. The molecule has 1 amide bonds. The molecule has 0 radical (unpaired) electrons. The number of piperidine rings is 3. The van der Waals surface area contributed by atoms with Crippen molar-refractivity contribution >= 4 is 30.2 Å². The highest BCUT2D eigenvalue weighted by Crippen LogP contribution is 2.29. The molecule has 3 saturated heterocycles. The maximum absolute atomic E-state index is 13.7. The first kappa shape index (κ1) is 49.0. The quantitative estimate of drug-likeness (QED) is 0.0832. The van der Waals surface area contributed by atoms with Crippen LogP contribution in [0.5, 0.6) is 5.75 Å². The zero-order valence-electron chi connectivity index (χ0n) is 38.3. The van der Waals surface area contributed by atoms with Crippen molar-refractivity contribution in [3.8, 4) is 5.75 Å². The maximum Gasteiger partial charge on any atom is 0.259 e. The molecule has 12 nitrogen and oxygen atoms in total. The number of amides is 1. The van der Waals surface area contributed by atoms with Crippen LogP contribution >= 0.6 is 0 Å². The van der Waals surface area contributed by atoms with Gasteiger partial charge in [-0.25, -0.2) is 4.98 Å². The SMILES string of the molecule is C(=NCC1CCNCC1)c1ccccc1.CC(C)Nc1nccc(N(CC2CCN(C(C)C)CC2)C(=O)c2ccc3c(c2)CCO3)n1.NCC1CCNCC1.O=Cc1ccccc1. The molecule has 3 fully saturated rings. The van der Waals surface area contributed by atoms with E-state index in [9.17, 15) is 9.59 Å². The predicted octanol–water partition coefficient (Wildman–Crippen LogP) is 7.55. The van der Waals surface area contributed by atoms with Gasteiger partial charge >= 0.3 is 0 Å². The second-order valence-corrected chi connectivity index (χ2v) is 17.5. The molecule has 0 spiro atoms. The Kier molecular flexibility index (Phi) is 21.2. The lowest BCUT2D eigenvalue weighted by molar-refractivity contribution is 0.0969. The average molecular weight is 860 g/mol. The molecule has 0 unspecified atom stereocenters. The Balaban J connectivity index is 0.000000196. The smallest absolute Gasteiger partial charge is 0.259 e. The van der Waals surface area contributed by atoms with Crippen LogP contribution in [0.25, 0.3) is 0 Å². The molecule has 5 heterocycles. The summed E-state index contributed by atoms with van der Waals surface area (Å²) in [7, 11) is 0. The van der Waals surface area contributed by atoms with Crippen LogP contribution < -0.4 is 31.3 Å². The molecule has 0 aliphatic carbocycles. The number of rotatable bonds is 12. The molecule has 12 heteroatoms. The summed E-state index contributed by atoms with van der Waals surface area (Å²) in [6.07, 6.45) is 12.7. The summed E-state index contributed by atoms with van der Waals surface area (Å²) < 4.78 is 5.62. The molecular weight excluding hydrogens is 787 g/mol. The van der Waals surface area contributed by atoms with Crippen LogP contribution in [-0.2, 0) is 6.42 Å². The lowest BCUT2D eigenvalue weighted by Gasteiger charge is -2.36. The predicted molar refractivity (Wildman–Crippen MR) is 259 cm³/mol. The van der Waals surface area contributed by atoms with E-state index in [1.54, 1.807) is 18.3 Å². The van der Waals surface area contributed by atoms with Crippen LogP contribution in [0, 0.1) is 17.8 Å². The fraction of sp³-hybridized carbons (Fsp3) is 0.510. The number of benzene rings is 3. The summed E-state index contributed by atoms with van der Waals surface area (Å²) in [5.41, 5.74) is 9.19. The van der Waals surface area contributed by atoms with Crippen molar-refractivity contribution in [1.29, 1.82) is 0 Å². The highest BCUT2D eigenvalue weighted by atomic mass is 16.5. The van der Waals surface area contributed by atoms with E-state index in [-0.39, 0.29) is 11.9 Å². The number of likely N-dealkylation sites (tertiary alicyclic amines) is 1. The van der Waals surface area contributed by atoms with Crippen LogP contribution in [0.4, 0.5) is 11.8 Å². The Labute approximate surface area is 376 Å². The van der Waals surface area contributed by atoms with Gasteiger partial charge in [0, 0.05) is 55.1 Å². The lowest BCUT2D eigenvalue weighted by atomic mass is 9.95. The highest BCUT2D eigenvalue weighted by Gasteiger charge is 2.28. The number of hydrogen-bond donors (Lipinski definition) is 4. The minimum atomic E-state index is -0.0137. The Morgan fingerprint density at radius 1 is 0.857 bits per heavy atom. The van der Waals surface area contributed by atoms with Crippen molar-refractivity contribution in [2.75, 3.05) is 75.7 Å². The summed E-state index contributed by atoms with van der Waals surface area (Å²) in [6.45, 7) is 18.6. The van der Waals surface area contributed by atoms with Gasteiger partial charge in [-0.2, -0.15) is 4.98 Å². The third-order valence-corrected chi connectivity index (χ3v) is 11.9. The molecule has 0 atom stereocenters. The number of nitrogens with zero attached hydrogens (tertiary/aromatic N) is 5. The molecule has 1 aromatic heterocycles. The highest BCUT2D eigenvalue weighted by molar-refractivity contribution is 6.06. The molecule has 63 heavy (non-hydrogen) atoms. The topological polar surface area (TPSA) is 150 Å². The Morgan fingerprint density at radius 3 is 2.06 bits per heavy atom. The summed E-state index contributed by atoms with van der Waals surface area (Å²) in [5.74, 6) is 4.11. The van der Waals surface area contributed by atoms with E-state index in [0.717, 1.165) is 93.5 Å². The molecule has 5 N–H and O–H groups in total. The largest absolute Gasteiger partial charge is 0.493 e. The van der Waals surface area contributed by atoms with Crippen LogP contribution in [-0.4, -0.2) is 111 Å². The van der Waals surface area contributed by atoms with Crippen LogP contribution in [0.1, 0.15) is 98.1 Å². The standard InChI is InChI=1S/C25H35N5O2.C13H18N2.C7H6O.C6H14N2/c1-17(2)27-25-26-11-7-23(28-25)30(16-19-8-12-29(13-9-19)18(3)4)24(31)21-5-6-22-20(15-21)10-14-32-22;1-2-4-12(5-3-1)10-15-11-13-6-8-14-9-7-13;8-6-7-4-2-1-3-5-7;7-5-6-1-3-8-4-2-6/h5-7,11,15,17-19H,8-10,12-14,16H2,1-4H3,(H,26,27,28);1-5,10,13-14H,6-9,11H2;1-6H;6,8H,1-5,7H2. The summed E-state index contributed by atoms with van der Waals surface area (Å²) in [5, 5.41) is 9.92. The second-order valence-electron chi connectivity index (χ2n) is 17.5. The van der Waals surface area contributed by atoms with E-state index in [1.165, 1.54) is 44.3 Å². The van der Waals surface area contributed by atoms with E-state index in [2.05, 4.69) is 61.8 Å². The zero-order chi connectivity index (χ0) is 44.7. The fourth-order valence-electron chi connectivity index (χ4n) is 8.05. The maximum atomic E-state index is 13.7. The van der Waals surface area contributed by atoms with E-state index in [4.69, 9.17) is 10.5 Å². The van der Waals surface area contributed by atoms with Gasteiger partial charge in [-0.3, -0.25) is 19.5 Å². The van der Waals surface area contributed by atoms with Gasteiger partial charge in [0.2, 0.25) is 5.95 Å². The van der Waals surface area contributed by atoms with Crippen molar-refractivity contribution in [2.45, 2.75) is 84.7 Å². The number of aldehydes is 1. The van der Waals surface area contributed by atoms with Crippen molar-refractivity contribution in [1.82, 2.24) is 25.5 Å². The first-order chi connectivity index (χ1) is 30.7. The average Bonchev–Trinajstić information content (AvgIpc) is 3.81. The molecule has 3 aromatic carbocycles. The third-order valence-electron chi connectivity index (χ3n) is 11.9. The van der Waals surface area contributed by atoms with Crippen molar-refractivity contribution in [3.63, 3.8) is 0 Å². The number of nitrogens with two attached hydrogens (primary N) is 1. The summed E-state index contributed by atoms with van der Waals surface area (Å²) in [6, 6.07) is 27.8. The van der Waals surface area contributed by atoms with Crippen molar-refractivity contribution in [3.05, 3.63) is 113 Å². The number of nitrogens with one attached hydrogen (secondary N) is 3. The van der Waals surface area contributed by atoms with Gasteiger partial charge in [-0.15, -0.1) is 0 Å². The van der Waals surface area contributed by atoms with Crippen molar-refractivity contribution < 1.29 is 14.3 Å². The Bertz CT molecular complexity index is 1920. The first-order valence-corrected chi connectivity index (χ1v) is 23.3. The molecule has 4 aliphatic rings. The number of carbonyl (C=O) groups excluding carboxylic acids is 2. The van der Waals surface area contributed by atoms with Crippen LogP contribution in [0.15, 0.2) is 96.1 Å². The summed E-state index contributed by atoms with van der Waals surface area (Å²) >= 11 is 0. The monoisotopic (exact) mass is 860 g/mol. The first-order valence-electron chi connectivity index (χ1n) is 23.3. The number of ether oxygens (including phenoxy) is 1. The lowest BCUT2D eigenvalue weighted by Crippen LogP contribution is -2.43. The molecular formula is C51H73N9O3. The normalized spacial score (nSPS) is 17.0. The van der Waals surface area contributed by atoms with Crippen LogP contribution in [0.2, 0.25) is 0 Å². The van der Waals surface area contributed by atoms with Gasteiger partial charge in [-0.1, -0.05) is 60.7 Å². The molecule has 0 bridgehead atoms. The van der Waals surface area contributed by atoms with E-state index < -0.39 is 0 Å².